The number of carbonyl (C=O) groups is 1. The first-order chi connectivity index (χ1) is 13.0. The molecule has 0 saturated heterocycles. The Morgan fingerprint density at radius 3 is 2.93 bits per heavy atom. The van der Waals surface area contributed by atoms with E-state index in [2.05, 4.69) is 11.1 Å². The Morgan fingerprint density at radius 1 is 1.30 bits per heavy atom. The fourth-order valence-corrected chi connectivity index (χ4v) is 4.47. The first-order valence-electron chi connectivity index (χ1n) is 9.02. The molecule has 0 bridgehead atoms. The molecule has 2 N–H and O–H groups in total. The number of ether oxygens (including phenoxy) is 1. The van der Waals surface area contributed by atoms with E-state index >= 15 is 0 Å². The van der Waals surface area contributed by atoms with E-state index in [9.17, 15) is 4.79 Å². The largest absolute Gasteiger partial charge is 0.491 e. The molecular weight excluding hydrogens is 358 g/mol. The fraction of sp³-hybridized carbons (Fsp3) is 0.286. The second-order valence-corrected chi connectivity index (χ2v) is 8.11. The van der Waals surface area contributed by atoms with Gasteiger partial charge in [-0.25, -0.2) is 4.98 Å². The predicted molar refractivity (Wildman–Crippen MR) is 106 cm³/mol. The number of aryl methyl sites for hydroxylation is 2. The fourth-order valence-electron chi connectivity index (χ4n) is 3.36. The van der Waals surface area contributed by atoms with Crippen LogP contribution >= 0.6 is 11.3 Å². The Balaban J connectivity index is 1.70. The number of thiazole rings is 1. The number of benzene rings is 1. The summed E-state index contributed by atoms with van der Waals surface area (Å²) in [6, 6.07) is 7.42. The van der Waals surface area contributed by atoms with Crippen molar-refractivity contribution in [1.29, 1.82) is 0 Å². The van der Waals surface area contributed by atoms with Gasteiger partial charge in [0.05, 0.1) is 16.8 Å². The highest BCUT2D eigenvalue weighted by Crippen LogP contribution is 2.37. The summed E-state index contributed by atoms with van der Waals surface area (Å²) in [4.78, 5) is 22.0. The molecule has 1 aromatic carbocycles. The molecule has 1 aliphatic carbocycles. The number of nitrogens with two attached hydrogens (primary N) is 1. The van der Waals surface area contributed by atoms with Crippen LogP contribution in [0.5, 0.6) is 5.75 Å². The predicted octanol–water partition coefficient (Wildman–Crippen LogP) is 3.78. The molecule has 0 spiro atoms. The zero-order chi connectivity index (χ0) is 19.0. The van der Waals surface area contributed by atoms with E-state index in [0.717, 1.165) is 40.4 Å². The molecule has 0 aliphatic heterocycles. The molecule has 5 nitrogen and oxygen atoms in total. The van der Waals surface area contributed by atoms with E-state index in [4.69, 9.17) is 15.5 Å². The molecule has 0 saturated carbocycles. The third-order valence-corrected chi connectivity index (χ3v) is 5.69. The summed E-state index contributed by atoms with van der Waals surface area (Å²) in [5, 5.41) is 1.01. The van der Waals surface area contributed by atoms with Crippen LogP contribution < -0.4 is 10.5 Å². The minimum absolute atomic E-state index is 0.0469. The van der Waals surface area contributed by atoms with Gasteiger partial charge in [-0.3, -0.25) is 9.78 Å². The van der Waals surface area contributed by atoms with Crippen LogP contribution in [-0.2, 0) is 19.3 Å². The van der Waals surface area contributed by atoms with Gasteiger partial charge in [-0.1, -0.05) is 0 Å². The molecule has 6 heteroatoms. The Hall–Kier alpha value is -2.73. The Morgan fingerprint density at radius 2 is 2.15 bits per heavy atom. The number of nitrogens with zero attached hydrogens (tertiary/aromatic N) is 2. The van der Waals surface area contributed by atoms with Crippen molar-refractivity contribution >= 4 is 17.2 Å². The lowest BCUT2D eigenvalue weighted by molar-refractivity contribution is 0.1000. The van der Waals surface area contributed by atoms with Crippen LogP contribution in [-0.4, -0.2) is 22.0 Å². The summed E-state index contributed by atoms with van der Waals surface area (Å²) in [6.45, 7) is 3.97. The van der Waals surface area contributed by atoms with Crippen LogP contribution in [0.25, 0.3) is 11.3 Å². The second kappa shape index (κ2) is 7.12. The molecule has 2 heterocycles. The lowest BCUT2D eigenvalue weighted by Gasteiger charge is -2.14. The third-order valence-electron chi connectivity index (χ3n) is 4.58. The quantitative estimate of drug-likeness (QED) is 0.732. The molecule has 138 valence electrons. The number of carbonyl (C=O) groups excluding carboxylic acids is 1. The van der Waals surface area contributed by atoms with Gasteiger partial charge in [-0.2, -0.15) is 0 Å². The molecule has 1 aliphatic rings. The molecule has 0 radical (unpaired) electrons. The Bertz CT molecular complexity index is 1010. The maximum Gasteiger partial charge on any atom is 0.248 e. The normalized spacial score (nSPS) is 12.6. The van der Waals surface area contributed by atoms with Gasteiger partial charge in [0.15, 0.2) is 0 Å². The van der Waals surface area contributed by atoms with E-state index in [1.807, 2.05) is 38.4 Å². The van der Waals surface area contributed by atoms with Crippen LogP contribution in [0.3, 0.4) is 0 Å². The minimum Gasteiger partial charge on any atom is -0.491 e. The van der Waals surface area contributed by atoms with Gasteiger partial charge in [0.1, 0.15) is 5.75 Å². The smallest absolute Gasteiger partial charge is 0.248 e. The number of hydrogen-bond donors (Lipinski definition) is 1. The molecule has 0 fully saturated rings. The van der Waals surface area contributed by atoms with Gasteiger partial charge in [0, 0.05) is 40.4 Å². The summed E-state index contributed by atoms with van der Waals surface area (Å²) in [5.41, 5.74) is 10.3. The number of fused-ring (bicyclic) bond motifs is 3. The summed E-state index contributed by atoms with van der Waals surface area (Å²) < 4.78 is 5.93. The minimum atomic E-state index is -0.439. The van der Waals surface area contributed by atoms with E-state index in [1.54, 1.807) is 17.4 Å². The van der Waals surface area contributed by atoms with E-state index in [0.29, 0.717) is 12.0 Å². The molecule has 1 amide bonds. The van der Waals surface area contributed by atoms with Crippen LogP contribution in [0.1, 0.15) is 45.2 Å². The second-order valence-electron chi connectivity index (χ2n) is 6.94. The number of pyridine rings is 1. The monoisotopic (exact) mass is 379 g/mol. The zero-order valence-corrected chi connectivity index (χ0v) is 16.2. The number of primary amides is 1. The number of hydrogen-bond acceptors (Lipinski definition) is 5. The maximum absolute atomic E-state index is 11.6. The van der Waals surface area contributed by atoms with Crippen molar-refractivity contribution in [2.45, 2.75) is 39.2 Å². The van der Waals surface area contributed by atoms with Crippen molar-refractivity contribution in [3.63, 3.8) is 0 Å². The SMILES string of the molecule is CC(C)Oc1ccc(C(N)=O)cc1Cc1nc2c(s1)CCc1ccncc1-2. The topological polar surface area (TPSA) is 78.1 Å². The van der Waals surface area contributed by atoms with Crippen molar-refractivity contribution < 1.29 is 9.53 Å². The van der Waals surface area contributed by atoms with Crippen molar-refractivity contribution in [2.24, 2.45) is 5.73 Å². The summed E-state index contributed by atoms with van der Waals surface area (Å²) in [6.07, 6.45) is 6.41. The zero-order valence-electron chi connectivity index (χ0n) is 15.4. The molecule has 27 heavy (non-hydrogen) atoms. The Labute approximate surface area is 162 Å². The van der Waals surface area contributed by atoms with E-state index in [-0.39, 0.29) is 6.10 Å². The molecule has 4 rings (SSSR count). The first kappa shape index (κ1) is 17.7. The average Bonchev–Trinajstić information content (AvgIpc) is 3.05. The van der Waals surface area contributed by atoms with Gasteiger partial charge in [-0.15, -0.1) is 11.3 Å². The summed E-state index contributed by atoms with van der Waals surface area (Å²) >= 11 is 1.72. The number of amides is 1. The van der Waals surface area contributed by atoms with Gasteiger partial charge >= 0.3 is 0 Å². The van der Waals surface area contributed by atoms with Crippen LogP contribution in [0.4, 0.5) is 0 Å². The van der Waals surface area contributed by atoms with E-state index < -0.39 is 5.91 Å². The molecular formula is C21H21N3O2S. The lowest BCUT2D eigenvalue weighted by Crippen LogP contribution is -2.13. The molecule has 2 aromatic heterocycles. The summed E-state index contributed by atoms with van der Waals surface area (Å²) in [5.74, 6) is 0.330. The van der Waals surface area contributed by atoms with Crippen LogP contribution in [0.15, 0.2) is 36.7 Å². The van der Waals surface area contributed by atoms with Gasteiger partial charge in [-0.05, 0) is 56.5 Å². The summed E-state index contributed by atoms with van der Waals surface area (Å²) in [7, 11) is 0. The van der Waals surface area contributed by atoms with Crippen molar-refractivity contribution in [3.05, 3.63) is 63.2 Å². The van der Waals surface area contributed by atoms with Gasteiger partial charge < -0.3 is 10.5 Å². The molecule has 0 atom stereocenters. The van der Waals surface area contributed by atoms with Crippen molar-refractivity contribution in [1.82, 2.24) is 9.97 Å². The van der Waals surface area contributed by atoms with Crippen LogP contribution in [0.2, 0.25) is 0 Å². The standard InChI is InChI=1S/C21H21N3O2S/c1-12(2)26-17-5-3-14(21(22)25)9-15(17)10-19-24-20-16-11-23-8-7-13(16)4-6-18(20)27-19/h3,5,7-9,11-12H,4,6,10H2,1-2H3,(H2,22,25). The number of rotatable bonds is 5. The molecule has 3 aromatic rings. The average molecular weight is 379 g/mol. The highest BCUT2D eigenvalue weighted by molar-refractivity contribution is 7.12. The van der Waals surface area contributed by atoms with E-state index in [1.165, 1.54) is 10.4 Å². The van der Waals surface area contributed by atoms with Crippen LogP contribution in [0, 0.1) is 0 Å². The van der Waals surface area contributed by atoms with Gasteiger partial charge in [0.2, 0.25) is 5.91 Å². The first-order valence-corrected chi connectivity index (χ1v) is 9.84. The molecule has 0 unspecified atom stereocenters. The lowest BCUT2D eigenvalue weighted by atomic mass is 9.95. The highest BCUT2D eigenvalue weighted by atomic mass is 32.1. The third kappa shape index (κ3) is 3.57. The van der Waals surface area contributed by atoms with Crippen molar-refractivity contribution in [2.75, 3.05) is 0 Å². The highest BCUT2D eigenvalue weighted by Gasteiger charge is 2.21. The number of aromatic nitrogens is 2. The van der Waals surface area contributed by atoms with Crippen molar-refractivity contribution in [3.8, 4) is 17.0 Å². The Kier molecular flexibility index (Phi) is 4.66. The van der Waals surface area contributed by atoms with Gasteiger partial charge in [0.25, 0.3) is 0 Å². The maximum atomic E-state index is 11.6.